The van der Waals surface area contributed by atoms with E-state index >= 15 is 0 Å². The molecular weight excluding hydrogens is 364 g/mol. The van der Waals surface area contributed by atoms with Crippen molar-refractivity contribution in [2.24, 2.45) is 5.10 Å². The van der Waals surface area contributed by atoms with Gasteiger partial charge in [0.15, 0.2) is 0 Å². The van der Waals surface area contributed by atoms with Crippen molar-refractivity contribution in [3.8, 4) is 11.5 Å². The number of phenols is 1. The number of phenolic OH excluding ortho intramolecular Hbond substituents is 1. The Morgan fingerprint density at radius 3 is 2.52 bits per heavy atom. The summed E-state index contributed by atoms with van der Waals surface area (Å²) >= 11 is 6.14. The van der Waals surface area contributed by atoms with Crippen molar-refractivity contribution in [1.29, 1.82) is 0 Å². The van der Waals surface area contributed by atoms with Crippen LogP contribution in [0.3, 0.4) is 0 Å². The summed E-state index contributed by atoms with van der Waals surface area (Å²) in [5, 5.41) is 13.8. The van der Waals surface area contributed by atoms with E-state index in [0.29, 0.717) is 16.3 Å². The van der Waals surface area contributed by atoms with E-state index in [-0.39, 0.29) is 18.3 Å². The van der Waals surface area contributed by atoms with E-state index in [0.717, 1.165) is 11.1 Å². The van der Waals surface area contributed by atoms with Gasteiger partial charge in [-0.3, -0.25) is 4.79 Å². The molecule has 3 rings (SSSR count). The van der Waals surface area contributed by atoms with Crippen molar-refractivity contribution in [3.05, 3.63) is 94.5 Å². The summed E-state index contributed by atoms with van der Waals surface area (Å²) in [5.74, 6) is 0.218. The van der Waals surface area contributed by atoms with Gasteiger partial charge in [-0.1, -0.05) is 41.9 Å². The molecule has 136 valence electrons. The molecule has 0 unspecified atom stereocenters. The Morgan fingerprint density at radius 2 is 1.74 bits per heavy atom. The second-order valence-electron chi connectivity index (χ2n) is 5.67. The summed E-state index contributed by atoms with van der Waals surface area (Å²) in [6.07, 6.45) is 1.49. The van der Waals surface area contributed by atoms with Gasteiger partial charge >= 0.3 is 0 Å². The Hall–Kier alpha value is -3.31. The van der Waals surface area contributed by atoms with Crippen LogP contribution in [0.25, 0.3) is 0 Å². The number of halogens is 1. The lowest BCUT2D eigenvalue weighted by Crippen LogP contribution is -2.18. The fourth-order valence-corrected chi connectivity index (χ4v) is 2.53. The van der Waals surface area contributed by atoms with Gasteiger partial charge in [0.1, 0.15) is 18.1 Å². The normalized spacial score (nSPS) is 10.7. The summed E-state index contributed by atoms with van der Waals surface area (Å²) in [5.41, 5.74) is 4.42. The predicted molar refractivity (Wildman–Crippen MR) is 105 cm³/mol. The summed E-state index contributed by atoms with van der Waals surface area (Å²) in [4.78, 5) is 12.4. The highest BCUT2D eigenvalue weighted by molar-refractivity contribution is 6.31. The molecule has 3 aromatic rings. The first-order valence-electron chi connectivity index (χ1n) is 8.21. The number of benzene rings is 3. The zero-order valence-corrected chi connectivity index (χ0v) is 15.1. The first kappa shape index (κ1) is 18.5. The average Bonchev–Trinajstić information content (AvgIpc) is 2.69. The van der Waals surface area contributed by atoms with Gasteiger partial charge in [-0.2, -0.15) is 5.10 Å². The van der Waals surface area contributed by atoms with Gasteiger partial charge in [0.2, 0.25) is 0 Å². The van der Waals surface area contributed by atoms with Crippen LogP contribution in [0.5, 0.6) is 11.5 Å². The van der Waals surface area contributed by atoms with Crippen LogP contribution >= 0.6 is 11.6 Å². The predicted octanol–water partition coefficient (Wildman–Crippen LogP) is 4.39. The molecule has 0 spiro atoms. The number of nitrogens with zero attached hydrogens (tertiary/aromatic N) is 1. The molecule has 0 saturated carbocycles. The summed E-state index contributed by atoms with van der Waals surface area (Å²) < 4.78 is 5.78. The lowest BCUT2D eigenvalue weighted by molar-refractivity contribution is 0.0950. The van der Waals surface area contributed by atoms with Crippen LogP contribution in [0, 0.1) is 0 Å². The fraction of sp³-hybridized carbons (Fsp3) is 0.0476. The van der Waals surface area contributed by atoms with Crippen molar-refractivity contribution in [2.75, 3.05) is 0 Å². The number of ether oxygens (including phenoxy) is 1. The summed E-state index contributed by atoms with van der Waals surface area (Å²) in [7, 11) is 0. The molecule has 0 aliphatic carbocycles. The van der Waals surface area contributed by atoms with E-state index in [4.69, 9.17) is 16.3 Å². The Bertz CT molecular complexity index is 956. The number of hydrogen-bond acceptors (Lipinski definition) is 4. The number of rotatable bonds is 6. The number of carbonyl (C=O) groups excluding carboxylic acids is 1. The van der Waals surface area contributed by atoms with Crippen LogP contribution in [0.1, 0.15) is 21.5 Å². The van der Waals surface area contributed by atoms with Gasteiger partial charge in [0, 0.05) is 10.6 Å². The number of nitrogens with one attached hydrogen (secondary N) is 1. The molecule has 0 saturated heterocycles. The Balaban J connectivity index is 1.66. The van der Waals surface area contributed by atoms with Crippen LogP contribution in [0.2, 0.25) is 5.02 Å². The number of aromatic hydroxyl groups is 1. The van der Waals surface area contributed by atoms with Gasteiger partial charge < -0.3 is 9.84 Å². The molecular formula is C21H17ClN2O3. The minimum atomic E-state index is -0.389. The molecule has 0 aliphatic heterocycles. The lowest BCUT2D eigenvalue weighted by Gasteiger charge is -2.11. The Labute approximate surface area is 161 Å². The maximum Gasteiger partial charge on any atom is 0.275 e. The van der Waals surface area contributed by atoms with E-state index in [1.54, 1.807) is 54.6 Å². The van der Waals surface area contributed by atoms with Crippen LogP contribution < -0.4 is 10.2 Å². The average molecular weight is 381 g/mol. The standard InChI is InChI=1S/C21H17ClN2O3/c22-19-7-3-1-5-16(19)14-27-20-8-4-2-6-18(20)21(26)24-23-13-15-9-11-17(25)12-10-15/h1-13,25H,14H2,(H,24,26)/b23-13+. The number of carbonyl (C=O) groups is 1. The molecule has 5 nitrogen and oxygen atoms in total. The highest BCUT2D eigenvalue weighted by Gasteiger charge is 2.12. The van der Waals surface area contributed by atoms with E-state index in [9.17, 15) is 9.90 Å². The molecule has 27 heavy (non-hydrogen) atoms. The van der Waals surface area contributed by atoms with Crippen molar-refractivity contribution in [1.82, 2.24) is 5.43 Å². The Kier molecular flexibility index (Phi) is 6.07. The third kappa shape index (κ3) is 5.09. The van der Waals surface area contributed by atoms with Gasteiger partial charge in [-0.25, -0.2) is 5.43 Å². The zero-order valence-electron chi connectivity index (χ0n) is 14.3. The van der Waals surface area contributed by atoms with Crippen LogP contribution in [0.15, 0.2) is 77.9 Å². The van der Waals surface area contributed by atoms with E-state index < -0.39 is 0 Å². The second-order valence-corrected chi connectivity index (χ2v) is 6.07. The molecule has 0 aliphatic rings. The molecule has 0 aromatic heterocycles. The fourth-order valence-electron chi connectivity index (χ4n) is 2.34. The van der Waals surface area contributed by atoms with Crippen LogP contribution in [0.4, 0.5) is 0 Å². The number of hydrazone groups is 1. The van der Waals surface area contributed by atoms with E-state index in [2.05, 4.69) is 10.5 Å². The maximum atomic E-state index is 12.4. The molecule has 1 amide bonds. The number of hydrogen-bond donors (Lipinski definition) is 2. The molecule has 0 radical (unpaired) electrons. The maximum absolute atomic E-state index is 12.4. The molecule has 3 aromatic carbocycles. The minimum Gasteiger partial charge on any atom is -0.508 e. The Morgan fingerprint density at radius 1 is 1.04 bits per heavy atom. The third-order valence-corrected chi connectivity index (χ3v) is 4.11. The lowest BCUT2D eigenvalue weighted by atomic mass is 10.2. The van der Waals surface area contributed by atoms with Gasteiger partial charge in [0.05, 0.1) is 11.8 Å². The summed E-state index contributed by atoms with van der Waals surface area (Å²) in [6.45, 7) is 0.251. The first-order chi connectivity index (χ1) is 13.1. The van der Waals surface area contributed by atoms with Gasteiger partial charge in [0.25, 0.3) is 5.91 Å². The number of para-hydroxylation sites is 1. The molecule has 0 fully saturated rings. The van der Waals surface area contributed by atoms with Gasteiger partial charge in [-0.05, 0) is 48.0 Å². The largest absolute Gasteiger partial charge is 0.508 e. The van der Waals surface area contributed by atoms with E-state index in [1.807, 2.05) is 18.2 Å². The monoisotopic (exact) mass is 380 g/mol. The first-order valence-corrected chi connectivity index (χ1v) is 8.59. The molecule has 0 atom stereocenters. The van der Waals surface area contributed by atoms with Crippen LogP contribution in [-0.4, -0.2) is 17.2 Å². The van der Waals surface area contributed by atoms with Gasteiger partial charge in [-0.15, -0.1) is 0 Å². The van der Waals surface area contributed by atoms with E-state index in [1.165, 1.54) is 6.21 Å². The minimum absolute atomic E-state index is 0.167. The second kappa shape index (κ2) is 8.87. The topological polar surface area (TPSA) is 70.9 Å². The molecule has 6 heteroatoms. The van der Waals surface area contributed by atoms with Crippen LogP contribution in [-0.2, 0) is 6.61 Å². The SMILES string of the molecule is O=C(N/N=C/c1ccc(O)cc1)c1ccccc1OCc1ccccc1Cl. The highest BCUT2D eigenvalue weighted by Crippen LogP contribution is 2.22. The smallest absolute Gasteiger partial charge is 0.275 e. The van der Waals surface area contributed by atoms with Crippen molar-refractivity contribution >= 4 is 23.7 Å². The molecule has 0 heterocycles. The highest BCUT2D eigenvalue weighted by atomic mass is 35.5. The zero-order chi connectivity index (χ0) is 19.1. The molecule has 0 bridgehead atoms. The van der Waals surface area contributed by atoms with Crippen molar-refractivity contribution in [2.45, 2.75) is 6.61 Å². The quantitative estimate of drug-likeness (QED) is 0.492. The molecule has 2 N–H and O–H groups in total. The summed E-state index contributed by atoms with van der Waals surface area (Å²) in [6, 6.07) is 20.8. The van der Waals surface area contributed by atoms with Crippen molar-refractivity contribution < 1.29 is 14.6 Å². The third-order valence-electron chi connectivity index (χ3n) is 3.75. The number of amides is 1. The van der Waals surface area contributed by atoms with Crippen molar-refractivity contribution in [3.63, 3.8) is 0 Å².